The van der Waals surface area contributed by atoms with Gasteiger partial charge in [0, 0.05) is 29.7 Å². The lowest BCUT2D eigenvalue weighted by Gasteiger charge is -2.09. The Morgan fingerprint density at radius 3 is 3.00 bits per heavy atom. The summed E-state index contributed by atoms with van der Waals surface area (Å²) in [6.07, 6.45) is 3.74. The Labute approximate surface area is 98.0 Å². The molecule has 0 fully saturated rings. The van der Waals surface area contributed by atoms with Gasteiger partial charge in [-0.05, 0) is 18.2 Å². The SMILES string of the molecule is NC[C@@H]1Cc2cc(F)cc(-c3ccoc3)c2O1. The van der Waals surface area contributed by atoms with Crippen molar-refractivity contribution in [2.75, 3.05) is 6.54 Å². The number of rotatable bonds is 2. The highest BCUT2D eigenvalue weighted by Gasteiger charge is 2.26. The zero-order chi connectivity index (χ0) is 11.8. The fourth-order valence-corrected chi connectivity index (χ4v) is 2.16. The largest absolute Gasteiger partial charge is 0.488 e. The summed E-state index contributed by atoms with van der Waals surface area (Å²) >= 11 is 0. The molecule has 1 aliphatic heterocycles. The van der Waals surface area contributed by atoms with E-state index in [2.05, 4.69) is 0 Å². The summed E-state index contributed by atoms with van der Waals surface area (Å²) in [5.41, 5.74) is 8.00. The second-order valence-electron chi connectivity index (χ2n) is 4.13. The van der Waals surface area contributed by atoms with Gasteiger partial charge in [0.15, 0.2) is 0 Å². The standard InChI is InChI=1S/C13H12FNO2/c14-10-3-9-4-11(6-15)17-13(9)12(5-10)8-1-2-16-7-8/h1-3,5,7,11H,4,6,15H2/t11-/m0/s1. The maximum Gasteiger partial charge on any atom is 0.131 e. The highest BCUT2D eigenvalue weighted by molar-refractivity contribution is 5.72. The first kappa shape index (κ1) is 10.4. The molecule has 1 aromatic carbocycles. The van der Waals surface area contributed by atoms with E-state index >= 15 is 0 Å². The molecule has 3 rings (SSSR count). The molecule has 1 aliphatic rings. The van der Waals surface area contributed by atoms with Crippen LogP contribution in [0.3, 0.4) is 0 Å². The predicted molar refractivity (Wildman–Crippen MR) is 61.3 cm³/mol. The summed E-state index contributed by atoms with van der Waals surface area (Å²) in [7, 11) is 0. The van der Waals surface area contributed by atoms with Gasteiger partial charge in [-0.15, -0.1) is 0 Å². The molecular formula is C13H12FNO2. The molecule has 0 saturated carbocycles. The Morgan fingerprint density at radius 1 is 1.41 bits per heavy atom. The zero-order valence-corrected chi connectivity index (χ0v) is 9.15. The summed E-state index contributed by atoms with van der Waals surface area (Å²) in [5, 5.41) is 0. The summed E-state index contributed by atoms with van der Waals surface area (Å²) in [6, 6.07) is 4.76. The van der Waals surface area contributed by atoms with E-state index in [4.69, 9.17) is 14.9 Å². The molecule has 3 nitrogen and oxygen atoms in total. The minimum Gasteiger partial charge on any atom is -0.488 e. The van der Waals surface area contributed by atoms with Crippen LogP contribution in [-0.4, -0.2) is 12.6 Å². The van der Waals surface area contributed by atoms with Crippen LogP contribution in [0, 0.1) is 5.82 Å². The van der Waals surface area contributed by atoms with Crippen molar-refractivity contribution in [3.05, 3.63) is 42.1 Å². The van der Waals surface area contributed by atoms with Crippen molar-refractivity contribution in [3.63, 3.8) is 0 Å². The van der Waals surface area contributed by atoms with Gasteiger partial charge in [0.1, 0.15) is 17.7 Å². The first-order chi connectivity index (χ1) is 8.28. The molecule has 0 amide bonds. The molecule has 0 bridgehead atoms. The van der Waals surface area contributed by atoms with E-state index in [9.17, 15) is 4.39 Å². The molecule has 2 N–H and O–H groups in total. The van der Waals surface area contributed by atoms with Crippen LogP contribution in [0.5, 0.6) is 5.75 Å². The fourth-order valence-electron chi connectivity index (χ4n) is 2.16. The Kier molecular flexibility index (Phi) is 2.37. The molecule has 0 unspecified atom stereocenters. The van der Waals surface area contributed by atoms with Gasteiger partial charge in [0.2, 0.25) is 0 Å². The van der Waals surface area contributed by atoms with Gasteiger partial charge >= 0.3 is 0 Å². The fraction of sp³-hybridized carbons (Fsp3) is 0.231. The van der Waals surface area contributed by atoms with Crippen molar-refractivity contribution in [2.45, 2.75) is 12.5 Å². The lowest BCUT2D eigenvalue weighted by Crippen LogP contribution is -2.24. The van der Waals surface area contributed by atoms with Crippen LogP contribution in [0.2, 0.25) is 0 Å². The predicted octanol–water partition coefficient (Wildman–Crippen LogP) is 2.35. The molecule has 2 heterocycles. The van der Waals surface area contributed by atoms with Crippen molar-refractivity contribution in [1.82, 2.24) is 0 Å². The lowest BCUT2D eigenvalue weighted by molar-refractivity contribution is 0.242. The number of fused-ring (bicyclic) bond motifs is 1. The Balaban J connectivity index is 2.12. The number of benzene rings is 1. The van der Waals surface area contributed by atoms with Crippen LogP contribution in [0.1, 0.15) is 5.56 Å². The van der Waals surface area contributed by atoms with Gasteiger partial charge in [-0.25, -0.2) is 4.39 Å². The Hall–Kier alpha value is -1.81. The molecule has 2 aromatic rings. The molecule has 88 valence electrons. The van der Waals surface area contributed by atoms with Crippen molar-refractivity contribution < 1.29 is 13.5 Å². The van der Waals surface area contributed by atoms with Gasteiger partial charge in [-0.2, -0.15) is 0 Å². The van der Waals surface area contributed by atoms with Crippen molar-refractivity contribution in [1.29, 1.82) is 0 Å². The third-order valence-electron chi connectivity index (χ3n) is 2.96. The van der Waals surface area contributed by atoms with Crippen LogP contribution in [0.4, 0.5) is 4.39 Å². The van der Waals surface area contributed by atoms with Crippen LogP contribution >= 0.6 is 0 Å². The Morgan fingerprint density at radius 2 is 2.29 bits per heavy atom. The highest BCUT2D eigenvalue weighted by atomic mass is 19.1. The van der Waals surface area contributed by atoms with Crippen LogP contribution < -0.4 is 10.5 Å². The number of hydrogen-bond acceptors (Lipinski definition) is 3. The van der Waals surface area contributed by atoms with Gasteiger partial charge in [-0.1, -0.05) is 0 Å². The third kappa shape index (κ3) is 1.70. The van der Waals surface area contributed by atoms with E-state index in [0.29, 0.717) is 13.0 Å². The molecule has 17 heavy (non-hydrogen) atoms. The van der Waals surface area contributed by atoms with Gasteiger partial charge in [-0.3, -0.25) is 0 Å². The molecular weight excluding hydrogens is 221 g/mol. The van der Waals surface area contributed by atoms with E-state index in [0.717, 1.165) is 22.4 Å². The van der Waals surface area contributed by atoms with Crippen LogP contribution in [0.15, 0.2) is 35.1 Å². The van der Waals surface area contributed by atoms with Crippen molar-refractivity contribution >= 4 is 0 Å². The Bertz CT molecular complexity index is 537. The van der Waals surface area contributed by atoms with E-state index in [-0.39, 0.29) is 11.9 Å². The third-order valence-corrected chi connectivity index (χ3v) is 2.96. The molecule has 0 spiro atoms. The zero-order valence-electron chi connectivity index (χ0n) is 9.15. The maximum atomic E-state index is 13.5. The highest BCUT2D eigenvalue weighted by Crippen LogP contribution is 2.39. The second kappa shape index (κ2) is 3.89. The van der Waals surface area contributed by atoms with E-state index in [1.165, 1.54) is 12.1 Å². The molecule has 0 aliphatic carbocycles. The monoisotopic (exact) mass is 233 g/mol. The molecule has 1 aromatic heterocycles. The van der Waals surface area contributed by atoms with Gasteiger partial charge in [0.25, 0.3) is 0 Å². The normalized spacial score (nSPS) is 17.9. The molecule has 4 heteroatoms. The van der Waals surface area contributed by atoms with Gasteiger partial charge in [0.05, 0.1) is 12.5 Å². The topological polar surface area (TPSA) is 48.4 Å². The van der Waals surface area contributed by atoms with E-state index < -0.39 is 0 Å². The summed E-state index contributed by atoms with van der Waals surface area (Å²) in [5.74, 6) is 0.462. The minimum absolute atomic E-state index is 0.0579. The van der Waals surface area contributed by atoms with Crippen molar-refractivity contribution in [2.24, 2.45) is 5.73 Å². The smallest absolute Gasteiger partial charge is 0.131 e. The summed E-state index contributed by atoms with van der Waals surface area (Å²) in [6.45, 7) is 0.432. The van der Waals surface area contributed by atoms with Crippen LogP contribution in [-0.2, 0) is 6.42 Å². The number of nitrogens with two attached hydrogens (primary N) is 1. The van der Waals surface area contributed by atoms with Crippen LogP contribution in [0.25, 0.3) is 11.1 Å². The first-order valence-corrected chi connectivity index (χ1v) is 5.49. The quantitative estimate of drug-likeness (QED) is 0.866. The molecule has 0 radical (unpaired) electrons. The first-order valence-electron chi connectivity index (χ1n) is 5.49. The van der Waals surface area contributed by atoms with E-state index in [1.807, 2.05) is 0 Å². The number of furan rings is 1. The average molecular weight is 233 g/mol. The number of hydrogen-bond donors (Lipinski definition) is 1. The minimum atomic E-state index is -0.263. The lowest BCUT2D eigenvalue weighted by atomic mass is 10.0. The molecule has 0 saturated heterocycles. The summed E-state index contributed by atoms with van der Waals surface area (Å²) in [4.78, 5) is 0. The van der Waals surface area contributed by atoms with Gasteiger partial charge < -0.3 is 14.9 Å². The maximum absolute atomic E-state index is 13.5. The summed E-state index contributed by atoms with van der Waals surface area (Å²) < 4.78 is 24.3. The van der Waals surface area contributed by atoms with E-state index in [1.54, 1.807) is 18.6 Å². The van der Waals surface area contributed by atoms with Crippen molar-refractivity contribution in [3.8, 4) is 16.9 Å². The second-order valence-corrected chi connectivity index (χ2v) is 4.13. The number of halogens is 1. The molecule has 1 atom stereocenters. The average Bonchev–Trinajstić information content (AvgIpc) is 2.96. The number of ether oxygens (including phenoxy) is 1.